The quantitative estimate of drug-likeness (QED) is 0.778. The molecule has 1 aromatic heterocycles. The summed E-state index contributed by atoms with van der Waals surface area (Å²) in [5, 5.41) is 5.94. The van der Waals surface area contributed by atoms with E-state index in [1.807, 2.05) is 12.3 Å². The van der Waals surface area contributed by atoms with Crippen molar-refractivity contribution in [1.29, 1.82) is 0 Å². The number of aryl methyl sites for hydroxylation is 1. The SMILES string of the molecule is CCCC[C@H](N)C(=O)NCCc1csc(C)n1. The van der Waals surface area contributed by atoms with Crippen LogP contribution in [0.2, 0.25) is 0 Å². The van der Waals surface area contributed by atoms with Gasteiger partial charge < -0.3 is 11.1 Å². The largest absolute Gasteiger partial charge is 0.354 e. The van der Waals surface area contributed by atoms with Crippen LogP contribution < -0.4 is 11.1 Å². The van der Waals surface area contributed by atoms with Gasteiger partial charge in [-0.3, -0.25) is 4.79 Å². The molecule has 0 bridgehead atoms. The molecule has 1 amide bonds. The zero-order valence-corrected chi connectivity index (χ0v) is 11.3. The molecule has 0 spiro atoms. The Labute approximate surface area is 107 Å². The molecule has 17 heavy (non-hydrogen) atoms. The molecule has 3 N–H and O–H groups in total. The molecule has 1 atom stereocenters. The molecule has 5 heteroatoms. The van der Waals surface area contributed by atoms with Crippen molar-refractivity contribution in [2.45, 2.75) is 45.6 Å². The number of nitrogens with two attached hydrogens (primary N) is 1. The number of carbonyl (C=O) groups excluding carboxylic acids is 1. The van der Waals surface area contributed by atoms with Crippen molar-refractivity contribution in [3.05, 3.63) is 16.1 Å². The van der Waals surface area contributed by atoms with E-state index in [4.69, 9.17) is 5.73 Å². The highest BCUT2D eigenvalue weighted by molar-refractivity contribution is 7.09. The van der Waals surface area contributed by atoms with E-state index in [2.05, 4.69) is 17.2 Å². The highest BCUT2D eigenvalue weighted by atomic mass is 32.1. The van der Waals surface area contributed by atoms with Crippen LogP contribution in [0.25, 0.3) is 0 Å². The third-order valence-electron chi connectivity index (χ3n) is 2.55. The summed E-state index contributed by atoms with van der Waals surface area (Å²) in [4.78, 5) is 15.9. The van der Waals surface area contributed by atoms with Gasteiger partial charge in [0.1, 0.15) is 0 Å². The lowest BCUT2D eigenvalue weighted by molar-refractivity contribution is -0.122. The lowest BCUT2D eigenvalue weighted by Crippen LogP contribution is -2.41. The number of nitrogens with one attached hydrogen (secondary N) is 1. The molecule has 1 aromatic rings. The van der Waals surface area contributed by atoms with Gasteiger partial charge in [-0.15, -0.1) is 11.3 Å². The Morgan fingerprint density at radius 3 is 3.00 bits per heavy atom. The van der Waals surface area contributed by atoms with Crippen LogP contribution in [-0.4, -0.2) is 23.5 Å². The summed E-state index contributed by atoms with van der Waals surface area (Å²) in [6.45, 7) is 4.68. The van der Waals surface area contributed by atoms with E-state index in [0.717, 1.165) is 36.4 Å². The molecule has 0 aromatic carbocycles. The Balaban J connectivity index is 2.19. The van der Waals surface area contributed by atoms with Gasteiger partial charge in [-0.25, -0.2) is 4.98 Å². The number of carbonyl (C=O) groups is 1. The van der Waals surface area contributed by atoms with Gasteiger partial charge >= 0.3 is 0 Å². The van der Waals surface area contributed by atoms with E-state index in [1.165, 1.54) is 0 Å². The van der Waals surface area contributed by atoms with Crippen LogP contribution in [0.4, 0.5) is 0 Å². The summed E-state index contributed by atoms with van der Waals surface area (Å²) in [5.41, 5.74) is 6.80. The second kappa shape index (κ2) is 7.40. The minimum absolute atomic E-state index is 0.0506. The molecule has 0 unspecified atom stereocenters. The molecule has 4 nitrogen and oxygen atoms in total. The first-order valence-electron chi connectivity index (χ1n) is 6.07. The molecule has 1 rings (SSSR count). The second-order valence-corrected chi connectivity index (χ2v) is 5.21. The van der Waals surface area contributed by atoms with Crippen LogP contribution in [0.5, 0.6) is 0 Å². The van der Waals surface area contributed by atoms with Gasteiger partial charge in [0.05, 0.1) is 16.7 Å². The van der Waals surface area contributed by atoms with Crippen molar-refractivity contribution in [2.75, 3.05) is 6.54 Å². The minimum atomic E-state index is -0.368. The first-order chi connectivity index (χ1) is 8.13. The van der Waals surface area contributed by atoms with E-state index >= 15 is 0 Å². The standard InChI is InChI=1S/C12H21N3OS/c1-3-4-5-11(13)12(16)14-7-6-10-8-17-9(2)15-10/h8,11H,3-7,13H2,1-2H3,(H,14,16)/t11-/m0/s1. The maximum atomic E-state index is 11.6. The highest BCUT2D eigenvalue weighted by Gasteiger charge is 2.11. The van der Waals surface area contributed by atoms with Crippen LogP contribution in [0.15, 0.2) is 5.38 Å². The molecule has 1 heterocycles. The van der Waals surface area contributed by atoms with Crippen molar-refractivity contribution in [1.82, 2.24) is 10.3 Å². The normalized spacial score (nSPS) is 12.4. The topological polar surface area (TPSA) is 68.0 Å². The van der Waals surface area contributed by atoms with Gasteiger partial charge in [0, 0.05) is 18.3 Å². The number of rotatable bonds is 7. The van der Waals surface area contributed by atoms with Gasteiger partial charge in [-0.05, 0) is 13.3 Å². The molecule has 96 valence electrons. The van der Waals surface area contributed by atoms with Gasteiger partial charge in [0.25, 0.3) is 0 Å². The predicted octanol–water partition coefficient (Wildman–Crippen LogP) is 1.63. The van der Waals surface area contributed by atoms with Gasteiger partial charge in [-0.2, -0.15) is 0 Å². The minimum Gasteiger partial charge on any atom is -0.354 e. The number of hydrogen-bond donors (Lipinski definition) is 2. The fourth-order valence-electron chi connectivity index (χ4n) is 1.52. The van der Waals surface area contributed by atoms with Crippen molar-refractivity contribution in [3.8, 4) is 0 Å². The summed E-state index contributed by atoms with van der Waals surface area (Å²) in [6, 6.07) is -0.368. The van der Waals surface area contributed by atoms with Crippen molar-refractivity contribution < 1.29 is 4.79 Å². The maximum absolute atomic E-state index is 11.6. The predicted molar refractivity (Wildman–Crippen MR) is 71.1 cm³/mol. The highest BCUT2D eigenvalue weighted by Crippen LogP contribution is 2.07. The summed E-state index contributed by atoms with van der Waals surface area (Å²) >= 11 is 1.63. The van der Waals surface area contributed by atoms with Crippen molar-refractivity contribution >= 4 is 17.2 Å². The lowest BCUT2D eigenvalue weighted by atomic mass is 10.1. The van der Waals surface area contributed by atoms with Crippen LogP contribution >= 0.6 is 11.3 Å². The first-order valence-corrected chi connectivity index (χ1v) is 6.95. The first kappa shape index (κ1) is 14.1. The fraction of sp³-hybridized carbons (Fsp3) is 0.667. The van der Waals surface area contributed by atoms with Crippen molar-refractivity contribution in [3.63, 3.8) is 0 Å². The van der Waals surface area contributed by atoms with E-state index in [0.29, 0.717) is 6.54 Å². The second-order valence-electron chi connectivity index (χ2n) is 4.15. The molecular weight excluding hydrogens is 234 g/mol. The molecule has 0 fully saturated rings. The molecule has 0 radical (unpaired) electrons. The summed E-state index contributed by atoms with van der Waals surface area (Å²) in [7, 11) is 0. The summed E-state index contributed by atoms with van der Waals surface area (Å²) < 4.78 is 0. The zero-order chi connectivity index (χ0) is 12.7. The lowest BCUT2D eigenvalue weighted by Gasteiger charge is -2.10. The van der Waals surface area contributed by atoms with Crippen LogP contribution in [-0.2, 0) is 11.2 Å². The van der Waals surface area contributed by atoms with E-state index < -0.39 is 0 Å². The maximum Gasteiger partial charge on any atom is 0.236 e. The summed E-state index contributed by atoms with van der Waals surface area (Å²) in [5.74, 6) is -0.0506. The van der Waals surface area contributed by atoms with E-state index in [9.17, 15) is 4.79 Å². The third-order valence-corrected chi connectivity index (χ3v) is 3.37. The molecule has 0 saturated carbocycles. The van der Waals surface area contributed by atoms with Crippen LogP contribution in [0.1, 0.15) is 36.9 Å². The molecule has 0 saturated heterocycles. The van der Waals surface area contributed by atoms with Crippen molar-refractivity contribution in [2.24, 2.45) is 5.73 Å². The van der Waals surface area contributed by atoms with E-state index in [-0.39, 0.29) is 11.9 Å². The number of unbranched alkanes of at least 4 members (excludes halogenated alkanes) is 1. The Morgan fingerprint density at radius 1 is 1.65 bits per heavy atom. The number of hydrogen-bond acceptors (Lipinski definition) is 4. The van der Waals surface area contributed by atoms with E-state index in [1.54, 1.807) is 11.3 Å². The number of nitrogens with zero attached hydrogens (tertiary/aromatic N) is 1. The molecular formula is C12H21N3OS. The zero-order valence-electron chi connectivity index (χ0n) is 10.5. The molecule has 0 aliphatic carbocycles. The number of aromatic nitrogens is 1. The van der Waals surface area contributed by atoms with Crippen LogP contribution in [0.3, 0.4) is 0 Å². The number of thiazole rings is 1. The monoisotopic (exact) mass is 255 g/mol. The fourth-order valence-corrected chi connectivity index (χ4v) is 2.17. The Kier molecular flexibility index (Phi) is 6.15. The third kappa shape index (κ3) is 5.28. The average molecular weight is 255 g/mol. The smallest absolute Gasteiger partial charge is 0.236 e. The van der Waals surface area contributed by atoms with Gasteiger partial charge in [-0.1, -0.05) is 19.8 Å². The van der Waals surface area contributed by atoms with Gasteiger partial charge in [0.15, 0.2) is 0 Å². The Bertz CT molecular complexity index is 351. The van der Waals surface area contributed by atoms with Crippen LogP contribution in [0, 0.1) is 6.92 Å². The summed E-state index contributed by atoms with van der Waals surface area (Å²) in [6.07, 6.45) is 3.60. The molecule has 0 aliphatic heterocycles. The average Bonchev–Trinajstić information content (AvgIpc) is 2.71. The number of amides is 1. The Morgan fingerprint density at radius 2 is 2.41 bits per heavy atom. The molecule has 0 aliphatic rings. The van der Waals surface area contributed by atoms with Gasteiger partial charge in [0.2, 0.25) is 5.91 Å². The Hall–Kier alpha value is -0.940.